The number of hydrogen-bond donors (Lipinski definition) is 1. The van der Waals surface area contributed by atoms with Gasteiger partial charge in [0.25, 0.3) is 5.91 Å². The van der Waals surface area contributed by atoms with Crippen LogP contribution in [-0.4, -0.2) is 38.2 Å². The molecule has 2 aromatic rings. The zero-order valence-electron chi connectivity index (χ0n) is 16.4. The number of carbonyl (C=O) groups is 2. The van der Waals surface area contributed by atoms with Crippen LogP contribution >= 0.6 is 0 Å². The van der Waals surface area contributed by atoms with Gasteiger partial charge >= 0.3 is 5.97 Å². The molecule has 2 aromatic carbocycles. The topological polar surface area (TPSA) is 73.9 Å². The molecule has 6 heteroatoms. The zero-order chi connectivity index (χ0) is 20.2. The van der Waals surface area contributed by atoms with Crippen molar-refractivity contribution in [2.75, 3.05) is 20.3 Å². The number of rotatable bonds is 11. The van der Waals surface area contributed by atoms with Crippen LogP contribution in [0.2, 0.25) is 0 Å². The minimum atomic E-state index is -0.814. The summed E-state index contributed by atoms with van der Waals surface area (Å²) in [5.74, 6) is 0.759. The summed E-state index contributed by atoms with van der Waals surface area (Å²) in [5.41, 5.74) is 1.14. The van der Waals surface area contributed by atoms with E-state index in [1.165, 1.54) is 0 Å². The molecule has 2 rings (SSSR count). The van der Waals surface area contributed by atoms with Gasteiger partial charge in [0.1, 0.15) is 11.5 Å². The van der Waals surface area contributed by atoms with Gasteiger partial charge in [-0.25, -0.2) is 0 Å². The molecule has 28 heavy (non-hydrogen) atoms. The second kappa shape index (κ2) is 11.6. The smallest absolute Gasteiger partial charge is 0.306 e. The highest BCUT2D eigenvalue weighted by Crippen LogP contribution is 2.17. The van der Waals surface area contributed by atoms with E-state index in [9.17, 15) is 9.59 Å². The van der Waals surface area contributed by atoms with Gasteiger partial charge in [0.2, 0.25) is 0 Å². The van der Waals surface area contributed by atoms with Gasteiger partial charge in [0.15, 0.2) is 6.10 Å². The monoisotopic (exact) mass is 385 g/mol. The lowest BCUT2D eigenvalue weighted by atomic mass is 10.1. The summed E-state index contributed by atoms with van der Waals surface area (Å²) in [6.45, 7) is 2.46. The van der Waals surface area contributed by atoms with E-state index in [2.05, 4.69) is 5.32 Å². The van der Waals surface area contributed by atoms with Crippen molar-refractivity contribution in [2.24, 2.45) is 0 Å². The fraction of sp³-hybridized carbons (Fsp3) is 0.364. The predicted molar refractivity (Wildman–Crippen MR) is 106 cm³/mol. The second-order valence-corrected chi connectivity index (χ2v) is 6.29. The Bertz CT molecular complexity index is 730. The molecular formula is C22H27NO5. The molecule has 150 valence electrons. The lowest BCUT2D eigenvalue weighted by Gasteiger charge is -2.13. The Balaban J connectivity index is 1.58. The van der Waals surface area contributed by atoms with Crippen LogP contribution in [0, 0.1) is 0 Å². The Labute approximate surface area is 165 Å². The van der Waals surface area contributed by atoms with Crippen molar-refractivity contribution in [2.45, 2.75) is 32.3 Å². The van der Waals surface area contributed by atoms with Gasteiger partial charge in [-0.2, -0.15) is 0 Å². The molecule has 0 aliphatic rings. The van der Waals surface area contributed by atoms with Crippen LogP contribution in [0.4, 0.5) is 0 Å². The Hall–Kier alpha value is -3.02. The average molecular weight is 385 g/mol. The SMILES string of the molecule is COc1ccc(OCCCC(=O)OC(C)C(=O)NCCc2ccccc2)cc1. The van der Waals surface area contributed by atoms with Gasteiger partial charge in [-0.05, 0) is 49.6 Å². The van der Waals surface area contributed by atoms with Crippen molar-refractivity contribution < 1.29 is 23.8 Å². The molecule has 1 N–H and O–H groups in total. The molecule has 0 aromatic heterocycles. The van der Waals surface area contributed by atoms with Gasteiger partial charge < -0.3 is 19.5 Å². The van der Waals surface area contributed by atoms with E-state index in [0.717, 1.165) is 17.7 Å². The first-order valence-corrected chi connectivity index (χ1v) is 9.36. The zero-order valence-corrected chi connectivity index (χ0v) is 16.4. The maximum Gasteiger partial charge on any atom is 0.306 e. The molecule has 6 nitrogen and oxygen atoms in total. The number of nitrogens with one attached hydrogen (secondary N) is 1. The van der Waals surface area contributed by atoms with E-state index in [-0.39, 0.29) is 12.3 Å². The van der Waals surface area contributed by atoms with E-state index in [1.54, 1.807) is 26.2 Å². The van der Waals surface area contributed by atoms with Crippen LogP contribution in [0.25, 0.3) is 0 Å². The Morgan fingerprint density at radius 1 is 1.00 bits per heavy atom. The summed E-state index contributed by atoms with van der Waals surface area (Å²) in [7, 11) is 1.60. The van der Waals surface area contributed by atoms with Gasteiger partial charge in [-0.15, -0.1) is 0 Å². The Morgan fingerprint density at radius 2 is 1.68 bits per heavy atom. The molecule has 0 bridgehead atoms. The number of amides is 1. The molecular weight excluding hydrogens is 358 g/mol. The van der Waals surface area contributed by atoms with Crippen LogP contribution in [-0.2, 0) is 20.7 Å². The fourth-order valence-corrected chi connectivity index (χ4v) is 2.51. The highest BCUT2D eigenvalue weighted by molar-refractivity contribution is 5.83. The van der Waals surface area contributed by atoms with Crippen LogP contribution in [0.5, 0.6) is 11.5 Å². The molecule has 1 unspecified atom stereocenters. The minimum Gasteiger partial charge on any atom is -0.497 e. The van der Waals surface area contributed by atoms with E-state index in [1.807, 2.05) is 42.5 Å². The van der Waals surface area contributed by atoms with Crippen molar-refractivity contribution in [3.8, 4) is 11.5 Å². The molecule has 1 atom stereocenters. The molecule has 0 spiro atoms. The number of esters is 1. The summed E-state index contributed by atoms with van der Waals surface area (Å²) in [6.07, 6.45) is 0.617. The van der Waals surface area contributed by atoms with Crippen LogP contribution < -0.4 is 14.8 Å². The number of methoxy groups -OCH3 is 1. The van der Waals surface area contributed by atoms with Crippen LogP contribution in [0.15, 0.2) is 54.6 Å². The third-order valence-electron chi connectivity index (χ3n) is 4.09. The highest BCUT2D eigenvalue weighted by Gasteiger charge is 2.17. The predicted octanol–water partition coefficient (Wildman–Crippen LogP) is 3.14. The third kappa shape index (κ3) is 7.70. The molecule has 0 aliphatic heterocycles. The number of hydrogen-bond acceptors (Lipinski definition) is 5. The van der Waals surface area contributed by atoms with Gasteiger partial charge in [-0.1, -0.05) is 30.3 Å². The largest absolute Gasteiger partial charge is 0.497 e. The van der Waals surface area contributed by atoms with Crippen molar-refractivity contribution in [1.82, 2.24) is 5.32 Å². The maximum absolute atomic E-state index is 12.0. The summed E-state index contributed by atoms with van der Waals surface area (Å²) in [5, 5.41) is 2.78. The summed E-state index contributed by atoms with van der Waals surface area (Å²) >= 11 is 0. The van der Waals surface area contributed by atoms with Crippen LogP contribution in [0.3, 0.4) is 0 Å². The van der Waals surface area contributed by atoms with Crippen molar-refractivity contribution >= 4 is 11.9 Å². The van der Waals surface area contributed by atoms with Gasteiger partial charge in [-0.3, -0.25) is 9.59 Å². The quantitative estimate of drug-likeness (QED) is 0.475. The van der Waals surface area contributed by atoms with Gasteiger partial charge in [0.05, 0.1) is 13.7 Å². The molecule has 0 saturated carbocycles. The first-order chi connectivity index (χ1) is 13.6. The number of carbonyl (C=O) groups excluding carboxylic acids is 2. The van der Waals surface area contributed by atoms with Crippen molar-refractivity contribution in [3.05, 3.63) is 60.2 Å². The highest BCUT2D eigenvalue weighted by atomic mass is 16.5. The van der Waals surface area contributed by atoms with E-state index < -0.39 is 12.1 Å². The van der Waals surface area contributed by atoms with E-state index in [0.29, 0.717) is 25.3 Å². The fourth-order valence-electron chi connectivity index (χ4n) is 2.51. The molecule has 0 radical (unpaired) electrons. The van der Waals surface area contributed by atoms with Crippen LogP contribution in [0.1, 0.15) is 25.3 Å². The first kappa shape index (κ1) is 21.3. The molecule has 0 heterocycles. The minimum absolute atomic E-state index is 0.192. The average Bonchev–Trinajstić information content (AvgIpc) is 2.72. The Kier molecular flexibility index (Phi) is 8.85. The van der Waals surface area contributed by atoms with E-state index >= 15 is 0 Å². The number of ether oxygens (including phenoxy) is 3. The molecule has 0 aliphatic carbocycles. The molecule has 1 amide bonds. The first-order valence-electron chi connectivity index (χ1n) is 9.36. The molecule has 0 fully saturated rings. The van der Waals surface area contributed by atoms with Crippen molar-refractivity contribution in [3.63, 3.8) is 0 Å². The standard InChI is InChI=1S/C22H27NO5/c1-17(22(25)23-15-14-18-7-4-3-5-8-18)28-21(24)9-6-16-27-20-12-10-19(26-2)11-13-20/h3-5,7-8,10-13,17H,6,9,14-16H2,1-2H3,(H,23,25). The van der Waals surface area contributed by atoms with E-state index in [4.69, 9.17) is 14.2 Å². The Morgan fingerprint density at radius 3 is 2.36 bits per heavy atom. The normalized spacial score (nSPS) is 11.4. The molecule has 0 saturated heterocycles. The van der Waals surface area contributed by atoms with Gasteiger partial charge in [0, 0.05) is 13.0 Å². The second-order valence-electron chi connectivity index (χ2n) is 6.29. The third-order valence-corrected chi connectivity index (χ3v) is 4.09. The summed E-state index contributed by atoms with van der Waals surface area (Å²) < 4.78 is 15.8. The summed E-state index contributed by atoms with van der Waals surface area (Å²) in [6, 6.07) is 17.1. The summed E-state index contributed by atoms with van der Waals surface area (Å²) in [4.78, 5) is 23.9. The lowest BCUT2D eigenvalue weighted by Crippen LogP contribution is -2.36. The maximum atomic E-state index is 12.0. The lowest BCUT2D eigenvalue weighted by molar-refractivity contribution is -0.155. The van der Waals surface area contributed by atoms with Crippen molar-refractivity contribution in [1.29, 1.82) is 0 Å². The number of benzene rings is 2.